The largest absolute Gasteiger partial charge is 0.490 e. The van der Waals surface area contributed by atoms with Crippen molar-refractivity contribution in [2.24, 2.45) is 0 Å². The van der Waals surface area contributed by atoms with E-state index in [0.717, 1.165) is 4.47 Å². The van der Waals surface area contributed by atoms with Crippen molar-refractivity contribution < 1.29 is 14.4 Å². The van der Waals surface area contributed by atoms with Gasteiger partial charge in [0.2, 0.25) is 0 Å². The molecule has 21 heavy (non-hydrogen) atoms. The Labute approximate surface area is 134 Å². The Morgan fingerprint density at radius 1 is 1.24 bits per heavy atom. The fourth-order valence-corrected chi connectivity index (χ4v) is 2.23. The fraction of sp³-hybridized carbons (Fsp3) is 0.143. The van der Waals surface area contributed by atoms with Crippen molar-refractivity contribution in [1.82, 2.24) is 0 Å². The van der Waals surface area contributed by atoms with Crippen molar-refractivity contribution in [2.45, 2.75) is 6.61 Å². The summed E-state index contributed by atoms with van der Waals surface area (Å²) in [7, 11) is 1.39. The normalized spacial score (nSPS) is 10.2. The number of halogens is 2. The Morgan fingerprint density at radius 2 is 2.00 bits per heavy atom. The van der Waals surface area contributed by atoms with Crippen LogP contribution in [0.25, 0.3) is 0 Å². The zero-order valence-corrected chi connectivity index (χ0v) is 13.3. The molecular formula is C14H11BrClNO4. The van der Waals surface area contributed by atoms with Crippen LogP contribution in [0, 0.1) is 10.1 Å². The highest BCUT2D eigenvalue weighted by atomic mass is 79.9. The first kappa shape index (κ1) is 15.6. The molecule has 0 aliphatic carbocycles. The summed E-state index contributed by atoms with van der Waals surface area (Å²) in [5, 5.41) is 11.4. The second-order valence-electron chi connectivity index (χ2n) is 4.13. The van der Waals surface area contributed by atoms with Gasteiger partial charge in [-0.3, -0.25) is 10.1 Å². The summed E-state index contributed by atoms with van der Waals surface area (Å²) in [6.07, 6.45) is 0. The molecule has 7 heteroatoms. The van der Waals surface area contributed by atoms with E-state index >= 15 is 0 Å². The molecule has 5 nitrogen and oxygen atoms in total. The number of nitrogens with zero attached hydrogens (tertiary/aromatic N) is 1. The number of ether oxygens (including phenoxy) is 2. The molecule has 0 heterocycles. The van der Waals surface area contributed by atoms with Gasteiger partial charge >= 0.3 is 5.69 Å². The third kappa shape index (κ3) is 3.86. The highest BCUT2D eigenvalue weighted by molar-refractivity contribution is 9.10. The van der Waals surface area contributed by atoms with Crippen LogP contribution in [0.3, 0.4) is 0 Å². The quantitative estimate of drug-likeness (QED) is 0.568. The average molecular weight is 373 g/mol. The van der Waals surface area contributed by atoms with Gasteiger partial charge in [0.15, 0.2) is 5.75 Å². The molecule has 0 aliphatic heterocycles. The van der Waals surface area contributed by atoms with Crippen molar-refractivity contribution >= 4 is 33.2 Å². The number of hydrogen-bond donors (Lipinski definition) is 0. The molecule has 2 aromatic rings. The maximum Gasteiger partial charge on any atom is 0.311 e. The van der Waals surface area contributed by atoms with Gasteiger partial charge in [-0.15, -0.1) is 0 Å². The summed E-state index contributed by atoms with van der Waals surface area (Å²) in [6.45, 7) is 0.168. The molecule has 0 radical (unpaired) electrons. The Hall–Kier alpha value is -1.79. The van der Waals surface area contributed by atoms with Crippen molar-refractivity contribution in [2.75, 3.05) is 7.11 Å². The third-order valence-electron chi connectivity index (χ3n) is 2.73. The molecule has 0 bridgehead atoms. The van der Waals surface area contributed by atoms with E-state index in [-0.39, 0.29) is 18.0 Å². The van der Waals surface area contributed by atoms with Crippen LogP contribution in [-0.2, 0) is 6.61 Å². The molecule has 0 saturated heterocycles. The van der Waals surface area contributed by atoms with Crippen LogP contribution >= 0.6 is 27.5 Å². The molecule has 0 aromatic heterocycles. The minimum Gasteiger partial charge on any atom is -0.490 e. The zero-order chi connectivity index (χ0) is 15.4. The summed E-state index contributed by atoms with van der Waals surface area (Å²) >= 11 is 9.35. The van der Waals surface area contributed by atoms with Gasteiger partial charge in [-0.05, 0) is 29.8 Å². The molecule has 2 rings (SSSR count). The molecule has 0 saturated carbocycles. The first-order valence-corrected chi connectivity index (χ1v) is 7.07. The van der Waals surface area contributed by atoms with Gasteiger partial charge in [-0.1, -0.05) is 33.6 Å². The summed E-state index contributed by atoms with van der Waals surface area (Å²) in [4.78, 5) is 10.5. The van der Waals surface area contributed by atoms with Crippen LogP contribution in [-0.4, -0.2) is 12.0 Å². The first-order chi connectivity index (χ1) is 10.0. The molecule has 110 valence electrons. The van der Waals surface area contributed by atoms with E-state index in [1.54, 1.807) is 30.3 Å². The molecular weight excluding hydrogens is 362 g/mol. The maximum atomic E-state index is 11.0. The highest BCUT2D eigenvalue weighted by Gasteiger charge is 2.15. The van der Waals surface area contributed by atoms with E-state index in [1.165, 1.54) is 13.2 Å². The molecule has 0 aliphatic rings. The number of hydrogen-bond acceptors (Lipinski definition) is 4. The SMILES string of the molecule is COc1ccc(COc2cc(Br)ccc2Cl)cc1[N+](=O)[O-]. The number of nitro groups is 1. The molecule has 0 N–H and O–H groups in total. The smallest absolute Gasteiger partial charge is 0.311 e. The van der Waals surface area contributed by atoms with Gasteiger partial charge in [0.1, 0.15) is 12.4 Å². The molecule has 0 amide bonds. The lowest BCUT2D eigenvalue weighted by Crippen LogP contribution is -1.99. The second kappa shape index (κ2) is 6.78. The standard InChI is InChI=1S/C14H11BrClNO4/c1-20-13-5-2-9(6-12(13)17(18)19)8-21-14-7-10(15)3-4-11(14)16/h2-7H,8H2,1H3. The van der Waals surface area contributed by atoms with Crippen molar-refractivity contribution in [3.05, 3.63) is 61.6 Å². The number of rotatable bonds is 5. The topological polar surface area (TPSA) is 61.6 Å². The number of benzene rings is 2. The predicted octanol–water partition coefficient (Wildman–Crippen LogP) is 4.60. The predicted molar refractivity (Wildman–Crippen MR) is 83.1 cm³/mol. The second-order valence-corrected chi connectivity index (χ2v) is 5.45. The van der Waals surface area contributed by atoms with E-state index in [1.807, 2.05) is 0 Å². The van der Waals surface area contributed by atoms with Crippen molar-refractivity contribution in [3.63, 3.8) is 0 Å². The molecule has 2 aromatic carbocycles. The van der Waals surface area contributed by atoms with Crippen LogP contribution in [0.2, 0.25) is 5.02 Å². The van der Waals surface area contributed by atoms with Crippen LogP contribution in [0.15, 0.2) is 40.9 Å². The summed E-state index contributed by atoms with van der Waals surface area (Å²) in [5.41, 5.74) is 0.553. The van der Waals surface area contributed by atoms with E-state index in [2.05, 4.69) is 15.9 Å². The first-order valence-electron chi connectivity index (χ1n) is 5.90. The van der Waals surface area contributed by atoms with Crippen molar-refractivity contribution in [1.29, 1.82) is 0 Å². The van der Waals surface area contributed by atoms with Gasteiger partial charge in [0, 0.05) is 10.5 Å². The van der Waals surface area contributed by atoms with Crippen LogP contribution in [0.1, 0.15) is 5.56 Å². The lowest BCUT2D eigenvalue weighted by atomic mass is 10.2. The van der Waals surface area contributed by atoms with E-state index in [4.69, 9.17) is 21.1 Å². The minimum absolute atomic E-state index is 0.0982. The Bertz CT molecular complexity index is 678. The van der Waals surface area contributed by atoms with Crippen LogP contribution in [0.5, 0.6) is 11.5 Å². The molecule has 0 unspecified atom stereocenters. The van der Waals surface area contributed by atoms with Crippen LogP contribution in [0.4, 0.5) is 5.69 Å². The Kier molecular flexibility index (Phi) is 5.03. The molecule has 0 spiro atoms. The van der Waals surface area contributed by atoms with Gasteiger partial charge in [0.05, 0.1) is 17.1 Å². The Morgan fingerprint density at radius 3 is 2.67 bits per heavy atom. The Balaban J connectivity index is 2.18. The summed E-state index contributed by atoms with van der Waals surface area (Å²) < 4.78 is 11.4. The van der Waals surface area contributed by atoms with Crippen LogP contribution < -0.4 is 9.47 Å². The van der Waals surface area contributed by atoms with Gasteiger partial charge in [-0.2, -0.15) is 0 Å². The lowest BCUT2D eigenvalue weighted by molar-refractivity contribution is -0.385. The minimum atomic E-state index is -0.492. The van der Waals surface area contributed by atoms with E-state index in [9.17, 15) is 10.1 Å². The molecule has 0 atom stereocenters. The summed E-state index contributed by atoms with van der Waals surface area (Å²) in [6, 6.07) is 9.91. The van der Waals surface area contributed by atoms with Gasteiger partial charge < -0.3 is 9.47 Å². The maximum absolute atomic E-state index is 11.0. The number of nitro benzene ring substituents is 1. The van der Waals surface area contributed by atoms with Gasteiger partial charge in [-0.25, -0.2) is 0 Å². The lowest BCUT2D eigenvalue weighted by Gasteiger charge is -2.09. The third-order valence-corrected chi connectivity index (χ3v) is 3.53. The zero-order valence-electron chi connectivity index (χ0n) is 11.0. The molecule has 0 fully saturated rings. The monoisotopic (exact) mass is 371 g/mol. The van der Waals surface area contributed by atoms with E-state index in [0.29, 0.717) is 16.3 Å². The number of methoxy groups -OCH3 is 1. The fourth-order valence-electron chi connectivity index (χ4n) is 1.72. The summed E-state index contributed by atoms with van der Waals surface area (Å²) in [5.74, 6) is 0.716. The van der Waals surface area contributed by atoms with Gasteiger partial charge in [0.25, 0.3) is 0 Å². The van der Waals surface area contributed by atoms with Crippen molar-refractivity contribution in [3.8, 4) is 11.5 Å². The van der Waals surface area contributed by atoms with E-state index < -0.39 is 4.92 Å². The highest BCUT2D eigenvalue weighted by Crippen LogP contribution is 2.30. The average Bonchev–Trinajstić information content (AvgIpc) is 2.47.